The van der Waals surface area contributed by atoms with Gasteiger partial charge in [-0.2, -0.15) is 0 Å². The highest BCUT2D eigenvalue weighted by atomic mass is 35.5. The molecular weight excluding hydrogens is 350 g/mol. The topological polar surface area (TPSA) is 81.2 Å². The fourth-order valence-electron chi connectivity index (χ4n) is 4.68. The lowest BCUT2D eigenvalue weighted by Crippen LogP contribution is -2.53. The molecule has 1 aromatic carbocycles. The van der Waals surface area contributed by atoms with E-state index in [1.54, 1.807) is 6.92 Å². The van der Waals surface area contributed by atoms with Gasteiger partial charge in [-0.05, 0) is 44.4 Å². The minimum Gasteiger partial charge on any atom is -0.360 e. The van der Waals surface area contributed by atoms with Crippen molar-refractivity contribution in [3.05, 3.63) is 41.7 Å². The second kappa shape index (κ2) is 7.80. The van der Waals surface area contributed by atoms with Crippen molar-refractivity contribution in [3.63, 3.8) is 0 Å². The first-order chi connectivity index (χ1) is 12.1. The van der Waals surface area contributed by atoms with Crippen molar-refractivity contribution in [2.45, 2.75) is 51.1 Å². The van der Waals surface area contributed by atoms with Gasteiger partial charge >= 0.3 is 0 Å². The van der Waals surface area contributed by atoms with Gasteiger partial charge < -0.3 is 15.6 Å². The molecule has 140 valence electrons. The van der Waals surface area contributed by atoms with E-state index in [0.29, 0.717) is 28.9 Å². The van der Waals surface area contributed by atoms with E-state index in [2.05, 4.69) is 10.5 Å². The number of fused-ring (bicyclic) bond motifs is 2. The molecule has 1 heterocycles. The number of carbonyl (C=O) groups is 1. The molecule has 0 aliphatic heterocycles. The molecule has 2 fully saturated rings. The molecule has 2 unspecified atom stereocenters. The number of nitrogens with two attached hydrogens (primary N) is 1. The van der Waals surface area contributed by atoms with Crippen molar-refractivity contribution in [2.24, 2.45) is 17.6 Å². The van der Waals surface area contributed by atoms with Gasteiger partial charge in [0, 0.05) is 17.6 Å². The molecule has 0 spiro atoms. The minimum atomic E-state index is -0.0741. The Morgan fingerprint density at radius 1 is 1.19 bits per heavy atom. The highest BCUT2D eigenvalue weighted by Crippen LogP contribution is 2.40. The van der Waals surface area contributed by atoms with Crippen molar-refractivity contribution >= 4 is 18.3 Å². The Morgan fingerprint density at radius 2 is 1.85 bits per heavy atom. The number of benzene rings is 1. The van der Waals surface area contributed by atoms with Crippen LogP contribution in [0.1, 0.15) is 48.2 Å². The zero-order chi connectivity index (χ0) is 17.4. The number of aromatic nitrogens is 1. The quantitative estimate of drug-likeness (QED) is 0.856. The normalized spacial score (nSPS) is 27.5. The summed E-state index contributed by atoms with van der Waals surface area (Å²) >= 11 is 0. The summed E-state index contributed by atoms with van der Waals surface area (Å²) in [7, 11) is 0. The second-order valence-corrected chi connectivity index (χ2v) is 7.51. The molecule has 2 aromatic rings. The van der Waals surface area contributed by atoms with Crippen LogP contribution in [0.15, 0.2) is 34.9 Å². The van der Waals surface area contributed by atoms with Gasteiger partial charge in [-0.1, -0.05) is 41.9 Å². The van der Waals surface area contributed by atoms with Gasteiger partial charge in [0.25, 0.3) is 5.91 Å². The summed E-state index contributed by atoms with van der Waals surface area (Å²) in [6.07, 6.45) is 5.58. The van der Waals surface area contributed by atoms with E-state index in [4.69, 9.17) is 10.3 Å². The number of aryl methyl sites for hydroxylation is 1. The molecule has 2 saturated carbocycles. The van der Waals surface area contributed by atoms with Gasteiger partial charge in [0.2, 0.25) is 0 Å². The molecule has 2 atom stereocenters. The second-order valence-electron chi connectivity index (χ2n) is 7.51. The Hall–Kier alpha value is -1.85. The maximum absolute atomic E-state index is 13.1. The number of nitrogens with one attached hydrogen (secondary N) is 1. The van der Waals surface area contributed by atoms with Gasteiger partial charge in [0.05, 0.1) is 0 Å². The zero-order valence-electron chi connectivity index (χ0n) is 15.0. The number of nitrogens with zero attached hydrogens (tertiary/aromatic N) is 1. The van der Waals surface area contributed by atoms with E-state index in [1.165, 1.54) is 6.42 Å². The first kappa shape index (κ1) is 18.9. The Balaban J connectivity index is 0.00000196. The lowest BCUT2D eigenvalue weighted by atomic mass is 9.67. The van der Waals surface area contributed by atoms with Crippen LogP contribution in [0.5, 0.6) is 0 Å². The zero-order valence-corrected chi connectivity index (χ0v) is 15.8. The van der Waals surface area contributed by atoms with Gasteiger partial charge in [-0.25, -0.2) is 0 Å². The molecule has 2 aliphatic rings. The number of carbonyl (C=O) groups excluding carboxylic acids is 1. The van der Waals surface area contributed by atoms with E-state index in [9.17, 15) is 4.79 Å². The Bertz CT molecular complexity index is 748. The highest BCUT2D eigenvalue weighted by Gasteiger charge is 2.40. The third-order valence-electron chi connectivity index (χ3n) is 5.81. The molecular formula is C20H26ClN3O2. The Labute approximate surface area is 160 Å². The largest absolute Gasteiger partial charge is 0.360 e. The average Bonchev–Trinajstić information content (AvgIpc) is 2.98. The lowest BCUT2D eigenvalue weighted by Gasteiger charge is -2.45. The smallest absolute Gasteiger partial charge is 0.257 e. The molecule has 2 bridgehead atoms. The molecule has 1 amide bonds. The first-order valence-electron chi connectivity index (χ1n) is 9.21. The van der Waals surface area contributed by atoms with Crippen molar-refractivity contribution in [3.8, 4) is 11.3 Å². The molecule has 1 aromatic heterocycles. The number of rotatable bonds is 3. The summed E-state index contributed by atoms with van der Waals surface area (Å²) < 4.78 is 5.34. The van der Waals surface area contributed by atoms with E-state index in [0.717, 1.165) is 31.2 Å². The average molecular weight is 376 g/mol. The standard InChI is InChI=1S/C20H25N3O2.ClH/c1-12-17(19(23-25-12)13-6-3-2-4-7-13)20(24)22-18-14-8-5-9-15(18)11-16(21)10-14;/h2-4,6-7,14-16,18H,5,8-11,21H2,1H3,(H,22,24);1H. The molecule has 26 heavy (non-hydrogen) atoms. The van der Waals surface area contributed by atoms with Crippen LogP contribution in [-0.4, -0.2) is 23.1 Å². The van der Waals surface area contributed by atoms with Crippen LogP contribution in [0, 0.1) is 18.8 Å². The fraction of sp³-hybridized carbons (Fsp3) is 0.500. The van der Waals surface area contributed by atoms with Gasteiger partial charge in [0.15, 0.2) is 0 Å². The molecule has 3 N–H and O–H groups in total. The van der Waals surface area contributed by atoms with Gasteiger partial charge in [0.1, 0.15) is 17.0 Å². The molecule has 0 radical (unpaired) electrons. The lowest BCUT2D eigenvalue weighted by molar-refractivity contribution is 0.0755. The van der Waals surface area contributed by atoms with Crippen molar-refractivity contribution < 1.29 is 9.32 Å². The predicted octanol–water partition coefficient (Wildman–Crippen LogP) is 3.71. The van der Waals surface area contributed by atoms with Crippen LogP contribution in [0.25, 0.3) is 11.3 Å². The maximum atomic E-state index is 13.1. The predicted molar refractivity (Wildman–Crippen MR) is 103 cm³/mol. The Morgan fingerprint density at radius 3 is 2.50 bits per heavy atom. The molecule has 4 rings (SSSR count). The van der Waals surface area contributed by atoms with Crippen molar-refractivity contribution in [2.75, 3.05) is 0 Å². The van der Waals surface area contributed by atoms with E-state index in [1.807, 2.05) is 30.3 Å². The van der Waals surface area contributed by atoms with Crippen LogP contribution >= 0.6 is 12.4 Å². The van der Waals surface area contributed by atoms with Crippen molar-refractivity contribution in [1.82, 2.24) is 10.5 Å². The van der Waals surface area contributed by atoms with Gasteiger partial charge in [-0.3, -0.25) is 4.79 Å². The number of hydrogen-bond donors (Lipinski definition) is 2. The number of halogens is 1. The number of hydrogen-bond acceptors (Lipinski definition) is 4. The third kappa shape index (κ3) is 3.51. The summed E-state index contributed by atoms with van der Waals surface area (Å²) in [6, 6.07) is 10.2. The van der Waals surface area contributed by atoms with E-state index < -0.39 is 0 Å². The van der Waals surface area contributed by atoms with E-state index in [-0.39, 0.29) is 30.4 Å². The third-order valence-corrected chi connectivity index (χ3v) is 5.81. The summed E-state index contributed by atoms with van der Waals surface area (Å²) in [5, 5.41) is 7.43. The monoisotopic (exact) mass is 375 g/mol. The van der Waals surface area contributed by atoms with Crippen LogP contribution < -0.4 is 11.1 Å². The molecule has 2 aliphatic carbocycles. The number of amides is 1. The first-order valence-corrected chi connectivity index (χ1v) is 9.21. The van der Waals surface area contributed by atoms with Crippen LogP contribution in [0.3, 0.4) is 0 Å². The molecule has 0 saturated heterocycles. The van der Waals surface area contributed by atoms with Crippen molar-refractivity contribution in [1.29, 1.82) is 0 Å². The minimum absolute atomic E-state index is 0. The molecule has 5 nitrogen and oxygen atoms in total. The summed E-state index contributed by atoms with van der Waals surface area (Å²) in [5.74, 6) is 1.47. The van der Waals surface area contributed by atoms with Crippen LogP contribution in [0.4, 0.5) is 0 Å². The SMILES string of the molecule is Cc1onc(-c2ccccc2)c1C(=O)NC1C2CCCC1CC(N)C2.Cl. The van der Waals surface area contributed by atoms with Crippen LogP contribution in [-0.2, 0) is 0 Å². The molecule has 6 heteroatoms. The van der Waals surface area contributed by atoms with Gasteiger partial charge in [-0.15, -0.1) is 12.4 Å². The highest BCUT2D eigenvalue weighted by molar-refractivity contribution is 6.01. The van der Waals surface area contributed by atoms with E-state index >= 15 is 0 Å². The summed E-state index contributed by atoms with van der Waals surface area (Å²) in [5.41, 5.74) is 8.27. The maximum Gasteiger partial charge on any atom is 0.257 e. The summed E-state index contributed by atoms with van der Waals surface area (Å²) in [4.78, 5) is 13.1. The Kier molecular flexibility index (Phi) is 5.68. The van der Waals surface area contributed by atoms with Crippen LogP contribution in [0.2, 0.25) is 0 Å². The summed E-state index contributed by atoms with van der Waals surface area (Å²) in [6.45, 7) is 1.80. The fourth-order valence-corrected chi connectivity index (χ4v) is 4.68.